The first-order valence-corrected chi connectivity index (χ1v) is 9.54. The number of hydrogen-bond donors (Lipinski definition) is 1. The Labute approximate surface area is 170 Å². The van der Waals surface area contributed by atoms with Gasteiger partial charge in [0.1, 0.15) is 5.75 Å². The zero-order chi connectivity index (χ0) is 20.8. The summed E-state index contributed by atoms with van der Waals surface area (Å²) in [6.45, 7) is 6.43. The Hall–Kier alpha value is -3.41. The van der Waals surface area contributed by atoms with E-state index in [0.29, 0.717) is 18.0 Å². The average Bonchev–Trinajstić information content (AvgIpc) is 2.71. The standard InChI is InChI=1S/C23H25N3O3/c1-16-5-8-19(9-6-16)20-10-11-23(28)26(25-20)13-12-24-22(27)15-29-21-14-17(2)4-7-18(21)3/h4-11,14H,12-13,15H2,1-3H3,(H,24,27). The molecule has 0 aliphatic carbocycles. The molecule has 0 atom stereocenters. The second kappa shape index (κ2) is 9.19. The maximum atomic E-state index is 12.1. The van der Waals surface area contributed by atoms with Crippen molar-refractivity contribution in [1.82, 2.24) is 15.1 Å². The summed E-state index contributed by atoms with van der Waals surface area (Å²) in [6.07, 6.45) is 0. The number of benzene rings is 2. The zero-order valence-electron chi connectivity index (χ0n) is 16.9. The van der Waals surface area contributed by atoms with E-state index in [2.05, 4.69) is 10.4 Å². The van der Waals surface area contributed by atoms with Crippen LogP contribution in [0, 0.1) is 20.8 Å². The summed E-state index contributed by atoms with van der Waals surface area (Å²) in [4.78, 5) is 24.1. The minimum Gasteiger partial charge on any atom is -0.483 e. The fourth-order valence-corrected chi connectivity index (χ4v) is 2.85. The number of aromatic nitrogens is 2. The van der Waals surface area contributed by atoms with Crippen molar-refractivity contribution in [2.75, 3.05) is 13.2 Å². The molecule has 0 unspecified atom stereocenters. The van der Waals surface area contributed by atoms with E-state index in [1.165, 1.54) is 10.7 Å². The molecule has 6 heteroatoms. The van der Waals surface area contributed by atoms with Gasteiger partial charge in [0.05, 0.1) is 12.2 Å². The number of rotatable bonds is 7. The Morgan fingerprint density at radius 2 is 1.72 bits per heavy atom. The SMILES string of the molecule is Cc1ccc(-c2ccc(=O)n(CCNC(=O)COc3cc(C)ccc3C)n2)cc1. The molecule has 29 heavy (non-hydrogen) atoms. The van der Waals surface area contributed by atoms with Crippen molar-refractivity contribution < 1.29 is 9.53 Å². The molecule has 1 amide bonds. The van der Waals surface area contributed by atoms with E-state index >= 15 is 0 Å². The van der Waals surface area contributed by atoms with Crippen molar-refractivity contribution in [3.8, 4) is 17.0 Å². The third-order valence-corrected chi connectivity index (χ3v) is 4.56. The highest BCUT2D eigenvalue weighted by Gasteiger charge is 2.07. The second-order valence-electron chi connectivity index (χ2n) is 7.05. The van der Waals surface area contributed by atoms with Crippen LogP contribution in [0.3, 0.4) is 0 Å². The van der Waals surface area contributed by atoms with E-state index in [-0.39, 0.29) is 24.6 Å². The van der Waals surface area contributed by atoms with Gasteiger partial charge in [0, 0.05) is 18.2 Å². The molecule has 3 rings (SSSR count). The fourth-order valence-electron chi connectivity index (χ4n) is 2.85. The van der Waals surface area contributed by atoms with Gasteiger partial charge in [-0.3, -0.25) is 9.59 Å². The molecule has 1 N–H and O–H groups in total. The van der Waals surface area contributed by atoms with E-state index in [9.17, 15) is 9.59 Å². The molecule has 150 valence electrons. The predicted octanol–water partition coefficient (Wildman–Crippen LogP) is 3.03. The Morgan fingerprint density at radius 3 is 2.48 bits per heavy atom. The molecule has 0 spiro atoms. The molecule has 0 radical (unpaired) electrons. The van der Waals surface area contributed by atoms with Crippen molar-refractivity contribution in [2.45, 2.75) is 27.3 Å². The summed E-state index contributed by atoms with van der Waals surface area (Å²) in [5.41, 5.74) is 4.66. The van der Waals surface area contributed by atoms with E-state index < -0.39 is 0 Å². The van der Waals surface area contributed by atoms with Crippen LogP contribution in [0.1, 0.15) is 16.7 Å². The normalized spacial score (nSPS) is 10.6. The van der Waals surface area contributed by atoms with Gasteiger partial charge in [0.15, 0.2) is 6.61 Å². The molecule has 1 aromatic heterocycles. The minimum absolute atomic E-state index is 0.0734. The van der Waals surface area contributed by atoms with Crippen LogP contribution in [0.2, 0.25) is 0 Å². The number of ether oxygens (including phenoxy) is 1. The molecule has 6 nitrogen and oxygen atoms in total. The first kappa shape index (κ1) is 20.3. The third kappa shape index (κ3) is 5.54. The molecular weight excluding hydrogens is 366 g/mol. The molecule has 1 heterocycles. The molecule has 0 bridgehead atoms. The smallest absolute Gasteiger partial charge is 0.266 e. The zero-order valence-corrected chi connectivity index (χ0v) is 16.9. The van der Waals surface area contributed by atoms with Gasteiger partial charge in [-0.05, 0) is 44.0 Å². The Morgan fingerprint density at radius 1 is 1.00 bits per heavy atom. The van der Waals surface area contributed by atoms with Crippen LogP contribution in [-0.4, -0.2) is 28.8 Å². The number of aryl methyl sites for hydroxylation is 3. The van der Waals surface area contributed by atoms with Crippen molar-refractivity contribution in [2.24, 2.45) is 0 Å². The quantitative estimate of drug-likeness (QED) is 0.672. The summed E-state index contributed by atoms with van der Waals surface area (Å²) in [5, 5.41) is 7.17. The van der Waals surface area contributed by atoms with Crippen LogP contribution in [-0.2, 0) is 11.3 Å². The molecule has 3 aromatic rings. The van der Waals surface area contributed by atoms with Crippen LogP contribution in [0.25, 0.3) is 11.3 Å². The lowest BCUT2D eigenvalue weighted by atomic mass is 10.1. The lowest BCUT2D eigenvalue weighted by Crippen LogP contribution is -2.34. The van der Waals surface area contributed by atoms with Gasteiger partial charge in [-0.1, -0.05) is 42.0 Å². The summed E-state index contributed by atoms with van der Waals surface area (Å²) >= 11 is 0. The number of carbonyl (C=O) groups excluding carboxylic acids is 1. The van der Waals surface area contributed by atoms with Gasteiger partial charge < -0.3 is 10.1 Å². The maximum absolute atomic E-state index is 12.1. The van der Waals surface area contributed by atoms with E-state index in [1.54, 1.807) is 6.07 Å². The highest BCUT2D eigenvalue weighted by molar-refractivity contribution is 5.77. The average molecular weight is 391 g/mol. The second-order valence-corrected chi connectivity index (χ2v) is 7.05. The largest absolute Gasteiger partial charge is 0.483 e. The molecule has 0 fully saturated rings. The Balaban J connectivity index is 1.55. The van der Waals surface area contributed by atoms with E-state index in [1.807, 2.05) is 63.2 Å². The van der Waals surface area contributed by atoms with E-state index in [4.69, 9.17) is 4.74 Å². The number of hydrogen-bond acceptors (Lipinski definition) is 4. The Bertz CT molecular complexity index is 1060. The number of nitrogens with zero attached hydrogens (tertiary/aromatic N) is 2. The van der Waals surface area contributed by atoms with Gasteiger partial charge in [0.2, 0.25) is 0 Å². The molecule has 0 saturated heterocycles. The highest BCUT2D eigenvalue weighted by Crippen LogP contribution is 2.19. The van der Waals surface area contributed by atoms with Crippen LogP contribution in [0.15, 0.2) is 59.4 Å². The van der Waals surface area contributed by atoms with Gasteiger partial charge in [-0.15, -0.1) is 0 Å². The highest BCUT2D eigenvalue weighted by atomic mass is 16.5. The lowest BCUT2D eigenvalue weighted by Gasteiger charge is -2.11. The summed E-state index contributed by atoms with van der Waals surface area (Å²) in [6, 6.07) is 17.0. The number of carbonyl (C=O) groups is 1. The van der Waals surface area contributed by atoms with Crippen LogP contribution < -0.4 is 15.6 Å². The Kier molecular flexibility index (Phi) is 6.44. The molecular formula is C23H25N3O3. The molecule has 0 aliphatic rings. The van der Waals surface area contributed by atoms with E-state index in [0.717, 1.165) is 22.3 Å². The lowest BCUT2D eigenvalue weighted by molar-refractivity contribution is -0.123. The predicted molar refractivity (Wildman–Crippen MR) is 113 cm³/mol. The summed E-state index contributed by atoms with van der Waals surface area (Å²) in [5.74, 6) is 0.456. The van der Waals surface area contributed by atoms with Gasteiger partial charge in [0.25, 0.3) is 11.5 Å². The number of amides is 1. The summed E-state index contributed by atoms with van der Waals surface area (Å²) in [7, 11) is 0. The maximum Gasteiger partial charge on any atom is 0.266 e. The van der Waals surface area contributed by atoms with Crippen LogP contribution in [0.5, 0.6) is 5.75 Å². The summed E-state index contributed by atoms with van der Waals surface area (Å²) < 4.78 is 6.96. The first-order chi connectivity index (χ1) is 13.9. The monoisotopic (exact) mass is 391 g/mol. The van der Waals surface area contributed by atoms with Crippen molar-refractivity contribution >= 4 is 5.91 Å². The van der Waals surface area contributed by atoms with Crippen LogP contribution >= 0.6 is 0 Å². The molecule has 0 aliphatic heterocycles. The van der Waals surface area contributed by atoms with Crippen molar-refractivity contribution in [1.29, 1.82) is 0 Å². The third-order valence-electron chi connectivity index (χ3n) is 4.56. The van der Waals surface area contributed by atoms with Crippen molar-refractivity contribution in [3.05, 3.63) is 81.6 Å². The topological polar surface area (TPSA) is 73.2 Å². The van der Waals surface area contributed by atoms with Gasteiger partial charge >= 0.3 is 0 Å². The minimum atomic E-state index is -0.242. The molecule has 0 saturated carbocycles. The van der Waals surface area contributed by atoms with Gasteiger partial charge in [-0.2, -0.15) is 5.10 Å². The fraction of sp³-hybridized carbons (Fsp3) is 0.261. The van der Waals surface area contributed by atoms with Crippen molar-refractivity contribution in [3.63, 3.8) is 0 Å². The van der Waals surface area contributed by atoms with Crippen LogP contribution in [0.4, 0.5) is 0 Å². The number of nitrogens with one attached hydrogen (secondary N) is 1. The first-order valence-electron chi connectivity index (χ1n) is 9.54. The van der Waals surface area contributed by atoms with Gasteiger partial charge in [-0.25, -0.2) is 4.68 Å². The molecule has 2 aromatic carbocycles.